The molecule has 1 N–H and O–H groups in total. The lowest BCUT2D eigenvalue weighted by Gasteiger charge is -2.18. The van der Waals surface area contributed by atoms with Crippen LogP contribution in [0.15, 0.2) is 24.3 Å². The van der Waals surface area contributed by atoms with E-state index in [0.717, 1.165) is 18.6 Å². The average Bonchev–Trinajstić information content (AvgIpc) is 2.91. The number of rotatable bonds is 3. The van der Waals surface area contributed by atoms with Gasteiger partial charge in [0, 0.05) is 6.61 Å². The molecule has 1 aliphatic rings. The highest BCUT2D eigenvalue weighted by Gasteiger charge is 2.31. The molecule has 1 fully saturated rings. The minimum atomic E-state index is -4.38. The van der Waals surface area contributed by atoms with Crippen molar-refractivity contribution in [3.8, 4) is 0 Å². The second kappa shape index (κ2) is 5.83. The standard InChI is InChI=1S/C14H16F3NO2/c1-9(18-13(19)12-6-3-7-20-12)10-4-2-5-11(8-10)14(15,16)17/h2,4-5,8-9,12H,3,6-7H2,1H3,(H,18,19)/t9-,12-/m1/s1. The summed E-state index contributed by atoms with van der Waals surface area (Å²) in [7, 11) is 0. The van der Waals surface area contributed by atoms with Crippen LogP contribution in [0.4, 0.5) is 13.2 Å². The summed E-state index contributed by atoms with van der Waals surface area (Å²) in [4.78, 5) is 11.9. The molecule has 1 amide bonds. The molecule has 0 unspecified atom stereocenters. The van der Waals surface area contributed by atoms with Crippen molar-refractivity contribution in [2.24, 2.45) is 0 Å². The maximum Gasteiger partial charge on any atom is 0.416 e. The van der Waals surface area contributed by atoms with E-state index in [0.29, 0.717) is 18.6 Å². The van der Waals surface area contributed by atoms with Crippen molar-refractivity contribution in [1.29, 1.82) is 0 Å². The van der Waals surface area contributed by atoms with Crippen LogP contribution in [-0.4, -0.2) is 18.6 Å². The summed E-state index contributed by atoms with van der Waals surface area (Å²) >= 11 is 0. The predicted molar refractivity (Wildman–Crippen MR) is 67.0 cm³/mol. The predicted octanol–water partition coefficient (Wildman–Crippen LogP) is 3.06. The highest BCUT2D eigenvalue weighted by Crippen LogP contribution is 2.30. The summed E-state index contributed by atoms with van der Waals surface area (Å²) in [6.45, 7) is 2.21. The van der Waals surface area contributed by atoms with Crippen LogP contribution in [-0.2, 0) is 15.7 Å². The fourth-order valence-corrected chi connectivity index (χ4v) is 2.16. The number of carbonyl (C=O) groups excluding carboxylic acids is 1. The number of hydrogen-bond acceptors (Lipinski definition) is 2. The summed E-state index contributed by atoms with van der Waals surface area (Å²) in [5, 5.41) is 2.69. The smallest absolute Gasteiger partial charge is 0.368 e. The SMILES string of the molecule is C[C@@H](NC(=O)[C@H]1CCCO1)c1cccc(C(F)(F)F)c1. The molecule has 0 radical (unpaired) electrons. The molecule has 1 heterocycles. The van der Waals surface area contributed by atoms with E-state index in [1.54, 1.807) is 13.0 Å². The quantitative estimate of drug-likeness (QED) is 0.928. The Labute approximate surface area is 115 Å². The Bertz CT molecular complexity index is 482. The van der Waals surface area contributed by atoms with Crippen LogP contribution in [0.3, 0.4) is 0 Å². The molecule has 2 rings (SSSR count). The molecule has 1 aromatic carbocycles. The first-order valence-electron chi connectivity index (χ1n) is 6.47. The highest BCUT2D eigenvalue weighted by atomic mass is 19.4. The molecule has 3 nitrogen and oxygen atoms in total. The molecule has 1 aliphatic heterocycles. The largest absolute Gasteiger partial charge is 0.416 e. The van der Waals surface area contributed by atoms with Crippen molar-refractivity contribution in [2.45, 2.75) is 38.1 Å². The van der Waals surface area contributed by atoms with E-state index in [-0.39, 0.29) is 5.91 Å². The fraction of sp³-hybridized carbons (Fsp3) is 0.500. The number of benzene rings is 1. The van der Waals surface area contributed by atoms with Gasteiger partial charge in [-0.05, 0) is 37.5 Å². The number of amides is 1. The van der Waals surface area contributed by atoms with Crippen molar-refractivity contribution in [3.63, 3.8) is 0 Å². The zero-order valence-corrected chi connectivity index (χ0v) is 11.0. The van der Waals surface area contributed by atoms with Gasteiger partial charge in [0.05, 0.1) is 11.6 Å². The minimum Gasteiger partial charge on any atom is -0.368 e. The third-order valence-electron chi connectivity index (χ3n) is 3.29. The van der Waals surface area contributed by atoms with Crippen molar-refractivity contribution in [3.05, 3.63) is 35.4 Å². The van der Waals surface area contributed by atoms with Gasteiger partial charge in [-0.2, -0.15) is 13.2 Å². The first-order chi connectivity index (χ1) is 9.38. The first-order valence-corrected chi connectivity index (χ1v) is 6.47. The molecule has 0 bridgehead atoms. The monoisotopic (exact) mass is 287 g/mol. The van der Waals surface area contributed by atoms with Crippen LogP contribution in [0.25, 0.3) is 0 Å². The summed E-state index contributed by atoms with van der Waals surface area (Å²) < 4.78 is 43.1. The van der Waals surface area contributed by atoms with E-state index in [1.807, 2.05) is 0 Å². The van der Waals surface area contributed by atoms with Crippen molar-refractivity contribution in [2.75, 3.05) is 6.61 Å². The van der Waals surface area contributed by atoms with Crippen molar-refractivity contribution >= 4 is 5.91 Å². The molecule has 0 saturated carbocycles. The molecule has 110 valence electrons. The van der Waals surface area contributed by atoms with Gasteiger partial charge in [-0.25, -0.2) is 0 Å². The topological polar surface area (TPSA) is 38.3 Å². The second-order valence-electron chi connectivity index (χ2n) is 4.86. The third kappa shape index (κ3) is 3.50. The number of carbonyl (C=O) groups is 1. The fourth-order valence-electron chi connectivity index (χ4n) is 2.16. The third-order valence-corrected chi connectivity index (χ3v) is 3.29. The molecule has 1 saturated heterocycles. The summed E-state index contributed by atoms with van der Waals surface area (Å²) in [5.41, 5.74) is -0.292. The van der Waals surface area contributed by atoms with E-state index in [1.165, 1.54) is 6.07 Å². The molecule has 2 atom stereocenters. The van der Waals surface area contributed by atoms with Gasteiger partial charge in [-0.3, -0.25) is 4.79 Å². The number of alkyl halides is 3. The maximum absolute atomic E-state index is 12.6. The van der Waals surface area contributed by atoms with Gasteiger partial charge in [0.1, 0.15) is 6.10 Å². The van der Waals surface area contributed by atoms with Crippen LogP contribution in [0.1, 0.15) is 36.9 Å². The molecule has 6 heteroatoms. The lowest BCUT2D eigenvalue weighted by Crippen LogP contribution is -2.35. The van der Waals surface area contributed by atoms with E-state index in [9.17, 15) is 18.0 Å². The van der Waals surface area contributed by atoms with Gasteiger partial charge < -0.3 is 10.1 Å². The van der Waals surface area contributed by atoms with Gasteiger partial charge >= 0.3 is 6.18 Å². The maximum atomic E-state index is 12.6. The molecule has 0 aromatic heterocycles. The van der Waals surface area contributed by atoms with Gasteiger partial charge in [-0.1, -0.05) is 12.1 Å². The number of halogens is 3. The number of hydrogen-bond donors (Lipinski definition) is 1. The van der Waals surface area contributed by atoms with Gasteiger partial charge in [0.25, 0.3) is 0 Å². The Kier molecular flexibility index (Phi) is 4.32. The van der Waals surface area contributed by atoms with E-state index in [2.05, 4.69) is 5.32 Å². The molecule has 0 aliphatic carbocycles. The molecular formula is C14H16F3NO2. The minimum absolute atomic E-state index is 0.271. The second-order valence-corrected chi connectivity index (χ2v) is 4.86. The normalized spacial score (nSPS) is 20.7. The Morgan fingerprint density at radius 2 is 2.20 bits per heavy atom. The van der Waals surface area contributed by atoms with E-state index < -0.39 is 23.9 Å². The molecule has 20 heavy (non-hydrogen) atoms. The Hall–Kier alpha value is -1.56. The van der Waals surface area contributed by atoms with Crippen LogP contribution in [0.2, 0.25) is 0 Å². The van der Waals surface area contributed by atoms with E-state index >= 15 is 0 Å². The first kappa shape index (κ1) is 14.8. The van der Waals surface area contributed by atoms with Gasteiger partial charge in [-0.15, -0.1) is 0 Å². The number of nitrogens with one attached hydrogen (secondary N) is 1. The summed E-state index contributed by atoms with van der Waals surface area (Å²) in [5.74, 6) is -0.271. The lowest BCUT2D eigenvalue weighted by atomic mass is 10.0. The Morgan fingerprint density at radius 3 is 2.80 bits per heavy atom. The van der Waals surface area contributed by atoms with Crippen LogP contribution in [0, 0.1) is 0 Å². The Balaban J connectivity index is 2.05. The van der Waals surface area contributed by atoms with Crippen LogP contribution >= 0.6 is 0 Å². The van der Waals surface area contributed by atoms with E-state index in [4.69, 9.17) is 4.74 Å². The van der Waals surface area contributed by atoms with Crippen molar-refractivity contribution in [1.82, 2.24) is 5.32 Å². The number of ether oxygens (including phenoxy) is 1. The van der Waals surface area contributed by atoms with Crippen LogP contribution in [0.5, 0.6) is 0 Å². The Morgan fingerprint density at radius 1 is 1.45 bits per heavy atom. The molecule has 1 aromatic rings. The molecular weight excluding hydrogens is 271 g/mol. The summed E-state index contributed by atoms with van der Waals surface area (Å²) in [6, 6.07) is 4.48. The zero-order chi connectivity index (χ0) is 14.8. The molecule has 0 spiro atoms. The van der Waals surface area contributed by atoms with Gasteiger partial charge in [0.2, 0.25) is 5.91 Å². The highest BCUT2D eigenvalue weighted by molar-refractivity contribution is 5.81. The average molecular weight is 287 g/mol. The zero-order valence-electron chi connectivity index (χ0n) is 11.0. The van der Waals surface area contributed by atoms with Crippen LogP contribution < -0.4 is 5.32 Å². The van der Waals surface area contributed by atoms with Gasteiger partial charge in [0.15, 0.2) is 0 Å². The lowest BCUT2D eigenvalue weighted by molar-refractivity contribution is -0.137. The summed E-state index contributed by atoms with van der Waals surface area (Å²) in [6.07, 6.45) is -3.38. The van der Waals surface area contributed by atoms with Crippen molar-refractivity contribution < 1.29 is 22.7 Å².